The standard InChI is InChI=1S/C28H30F6N6O5S/c1-6-45-26(42)40-14(2)7-21(20-11-19(23(43-4)12-22(20)40)15(3)46-24-35-37-38-36-24)39(25(41)44-5)13-16-8-17(27(29,30)31)10-18(9-16)28(32,33)34/h8-12,14-15,21H,6-7,13H2,1-5H3,(H,35,36,37,38). The molecule has 1 N–H and O–H groups in total. The molecule has 0 aliphatic carbocycles. The van der Waals surface area contributed by atoms with Crippen LogP contribution in [0, 0.1) is 0 Å². The number of alkyl halides is 6. The molecule has 2 aromatic carbocycles. The minimum atomic E-state index is -5.09. The van der Waals surface area contributed by atoms with Crippen molar-refractivity contribution < 1.29 is 50.1 Å². The van der Waals surface area contributed by atoms with E-state index in [1.165, 1.54) is 23.8 Å². The maximum absolute atomic E-state index is 13.7. The van der Waals surface area contributed by atoms with Crippen LogP contribution >= 0.6 is 11.8 Å². The number of benzene rings is 2. The summed E-state index contributed by atoms with van der Waals surface area (Å²) >= 11 is 1.23. The van der Waals surface area contributed by atoms with E-state index in [0.717, 1.165) is 12.0 Å². The summed E-state index contributed by atoms with van der Waals surface area (Å²) in [6.07, 6.45) is -11.8. The largest absolute Gasteiger partial charge is 0.496 e. The lowest BCUT2D eigenvalue weighted by Gasteiger charge is -2.43. The highest BCUT2D eigenvalue weighted by atomic mass is 32.2. The highest BCUT2D eigenvalue weighted by molar-refractivity contribution is 7.99. The summed E-state index contributed by atoms with van der Waals surface area (Å²) < 4.78 is 97.9. The number of rotatable bonds is 8. The molecule has 0 radical (unpaired) electrons. The van der Waals surface area contributed by atoms with Crippen LogP contribution in [-0.4, -0.2) is 64.6 Å². The lowest BCUT2D eigenvalue weighted by atomic mass is 9.88. The van der Waals surface area contributed by atoms with Crippen molar-refractivity contribution in [1.29, 1.82) is 0 Å². The normalized spacial score (nSPS) is 17.2. The number of H-pyrrole nitrogens is 1. The number of tetrazole rings is 1. The van der Waals surface area contributed by atoms with Crippen LogP contribution < -0.4 is 9.64 Å². The van der Waals surface area contributed by atoms with Gasteiger partial charge in [-0.25, -0.2) is 14.7 Å². The number of carbonyl (C=O) groups excluding carboxylic acids is 2. The number of hydrogen-bond acceptors (Lipinski definition) is 9. The molecule has 18 heteroatoms. The Morgan fingerprint density at radius 3 is 2.26 bits per heavy atom. The number of anilines is 1. The highest BCUT2D eigenvalue weighted by Gasteiger charge is 2.42. The molecule has 3 atom stereocenters. The summed E-state index contributed by atoms with van der Waals surface area (Å²) in [4.78, 5) is 28.8. The molecular weight excluding hydrogens is 646 g/mol. The fourth-order valence-electron chi connectivity index (χ4n) is 5.29. The first-order valence-electron chi connectivity index (χ1n) is 13.8. The lowest BCUT2D eigenvalue weighted by molar-refractivity contribution is -0.143. The lowest BCUT2D eigenvalue weighted by Crippen LogP contribution is -2.47. The van der Waals surface area contributed by atoms with Crippen molar-refractivity contribution >= 4 is 29.6 Å². The maximum atomic E-state index is 13.7. The highest BCUT2D eigenvalue weighted by Crippen LogP contribution is 2.48. The molecule has 3 aromatic rings. The smallest absolute Gasteiger partial charge is 0.416 e. The third-order valence-electron chi connectivity index (χ3n) is 7.31. The summed E-state index contributed by atoms with van der Waals surface area (Å²) in [7, 11) is 2.47. The van der Waals surface area contributed by atoms with Gasteiger partial charge in [-0.3, -0.25) is 9.80 Å². The number of methoxy groups -OCH3 is 2. The molecule has 0 bridgehead atoms. The summed E-state index contributed by atoms with van der Waals surface area (Å²) in [6.45, 7) is 4.50. The van der Waals surface area contributed by atoms with Crippen molar-refractivity contribution in [2.24, 2.45) is 0 Å². The number of aromatic amines is 1. The van der Waals surface area contributed by atoms with E-state index in [9.17, 15) is 35.9 Å². The SMILES string of the molecule is CCOC(=O)N1c2cc(OC)c(C(C)Sc3nnn[nH]3)cc2C(N(Cc2cc(C(F)(F)F)cc(C(F)(F)F)c2)C(=O)OC)CC1C. The molecule has 4 rings (SSSR count). The number of nitrogens with zero attached hydrogens (tertiary/aromatic N) is 5. The second kappa shape index (κ2) is 13.6. The maximum Gasteiger partial charge on any atom is 0.416 e. The third kappa shape index (κ3) is 7.42. The Kier molecular flexibility index (Phi) is 10.3. The van der Waals surface area contributed by atoms with E-state index >= 15 is 0 Å². The topological polar surface area (TPSA) is 123 Å². The average molecular weight is 677 g/mol. The van der Waals surface area contributed by atoms with Crippen LogP contribution in [0.2, 0.25) is 0 Å². The summed E-state index contributed by atoms with van der Waals surface area (Å²) in [5.74, 6) is 0.352. The van der Waals surface area contributed by atoms with E-state index < -0.39 is 59.9 Å². The van der Waals surface area contributed by atoms with Crippen LogP contribution in [0.3, 0.4) is 0 Å². The zero-order chi connectivity index (χ0) is 34.0. The van der Waals surface area contributed by atoms with Crippen molar-refractivity contribution in [3.05, 3.63) is 58.1 Å². The Balaban J connectivity index is 1.89. The van der Waals surface area contributed by atoms with Crippen molar-refractivity contribution in [1.82, 2.24) is 25.5 Å². The summed E-state index contributed by atoms with van der Waals surface area (Å²) in [6, 6.07) is 2.77. The Bertz CT molecular complexity index is 1520. The van der Waals surface area contributed by atoms with Crippen LogP contribution in [0.5, 0.6) is 5.75 Å². The number of aromatic nitrogens is 4. The predicted molar refractivity (Wildman–Crippen MR) is 152 cm³/mol. The molecule has 0 saturated heterocycles. The van der Waals surface area contributed by atoms with Crippen molar-refractivity contribution in [2.75, 3.05) is 25.7 Å². The molecule has 46 heavy (non-hydrogen) atoms. The van der Waals surface area contributed by atoms with Crippen molar-refractivity contribution in [2.45, 2.75) is 68.6 Å². The van der Waals surface area contributed by atoms with Crippen LogP contribution in [0.1, 0.15) is 66.3 Å². The number of fused-ring (bicyclic) bond motifs is 1. The van der Waals surface area contributed by atoms with E-state index in [1.54, 1.807) is 26.0 Å². The van der Waals surface area contributed by atoms with E-state index in [0.29, 0.717) is 34.2 Å². The van der Waals surface area contributed by atoms with Gasteiger partial charge in [-0.1, -0.05) is 11.8 Å². The molecule has 1 aromatic heterocycles. The van der Waals surface area contributed by atoms with E-state index in [-0.39, 0.29) is 30.0 Å². The summed E-state index contributed by atoms with van der Waals surface area (Å²) in [5.41, 5.74) is -2.26. The molecule has 0 spiro atoms. The molecule has 3 unspecified atom stereocenters. The van der Waals surface area contributed by atoms with Gasteiger partial charge in [-0.15, -0.1) is 5.10 Å². The van der Waals surface area contributed by atoms with Gasteiger partial charge in [0.2, 0.25) is 5.16 Å². The second-order valence-corrected chi connectivity index (χ2v) is 11.6. The van der Waals surface area contributed by atoms with Gasteiger partial charge in [0, 0.05) is 29.5 Å². The minimum Gasteiger partial charge on any atom is -0.496 e. The Morgan fingerprint density at radius 2 is 1.74 bits per heavy atom. The van der Waals surface area contributed by atoms with Crippen molar-refractivity contribution in [3.8, 4) is 5.75 Å². The Labute approximate surface area is 263 Å². The first kappa shape index (κ1) is 34.6. The van der Waals surface area contributed by atoms with Crippen LogP contribution in [0.15, 0.2) is 35.5 Å². The number of nitrogens with one attached hydrogen (secondary N) is 1. The quantitative estimate of drug-likeness (QED) is 0.196. The zero-order valence-corrected chi connectivity index (χ0v) is 26.0. The van der Waals surface area contributed by atoms with Gasteiger partial charge in [-0.05, 0) is 73.0 Å². The van der Waals surface area contributed by atoms with Gasteiger partial charge in [0.15, 0.2) is 0 Å². The minimum absolute atomic E-state index is 0.0167. The average Bonchev–Trinajstić information content (AvgIpc) is 3.50. The monoisotopic (exact) mass is 676 g/mol. The van der Waals surface area contributed by atoms with Gasteiger partial charge in [0.05, 0.1) is 43.7 Å². The van der Waals surface area contributed by atoms with Crippen LogP contribution in [0.25, 0.3) is 0 Å². The van der Waals surface area contributed by atoms with E-state index in [4.69, 9.17) is 14.2 Å². The Hall–Kier alpha value is -4.22. The van der Waals surface area contributed by atoms with Gasteiger partial charge in [0.1, 0.15) is 5.75 Å². The number of thioether (sulfide) groups is 1. The number of carbonyl (C=O) groups is 2. The second-order valence-electron chi connectivity index (χ2n) is 10.3. The van der Waals surface area contributed by atoms with Crippen molar-refractivity contribution in [3.63, 3.8) is 0 Å². The van der Waals surface area contributed by atoms with Gasteiger partial charge in [-0.2, -0.15) is 26.3 Å². The number of hydrogen-bond donors (Lipinski definition) is 1. The Morgan fingerprint density at radius 1 is 1.09 bits per heavy atom. The number of halogens is 6. The van der Waals surface area contributed by atoms with Gasteiger partial charge < -0.3 is 14.2 Å². The zero-order valence-electron chi connectivity index (χ0n) is 25.2. The predicted octanol–water partition coefficient (Wildman–Crippen LogP) is 7.16. The van der Waals surface area contributed by atoms with Crippen LogP contribution in [0.4, 0.5) is 41.6 Å². The van der Waals surface area contributed by atoms with Gasteiger partial charge in [0.25, 0.3) is 0 Å². The first-order chi connectivity index (χ1) is 21.6. The number of ether oxygens (including phenoxy) is 3. The fraction of sp³-hybridized carbons (Fsp3) is 0.464. The van der Waals surface area contributed by atoms with Crippen LogP contribution in [-0.2, 0) is 28.4 Å². The molecule has 250 valence electrons. The summed E-state index contributed by atoms with van der Waals surface area (Å²) in [5, 5.41) is 13.6. The number of amides is 2. The first-order valence-corrected chi connectivity index (χ1v) is 14.7. The fourth-order valence-corrected chi connectivity index (χ4v) is 6.11. The molecule has 11 nitrogen and oxygen atoms in total. The molecule has 1 aliphatic rings. The molecule has 2 heterocycles. The molecule has 2 amide bonds. The van der Waals surface area contributed by atoms with E-state index in [2.05, 4.69) is 20.6 Å². The van der Waals surface area contributed by atoms with Gasteiger partial charge >= 0.3 is 24.5 Å². The molecule has 1 aliphatic heterocycles. The third-order valence-corrected chi connectivity index (χ3v) is 8.31. The van der Waals surface area contributed by atoms with E-state index in [1.807, 2.05) is 6.92 Å². The molecule has 0 fully saturated rings. The molecule has 0 saturated carbocycles. The molecular formula is C28H30F6N6O5S.